The number of ether oxygens (including phenoxy) is 1. The lowest BCUT2D eigenvalue weighted by Crippen LogP contribution is -2.42. The van der Waals surface area contributed by atoms with Gasteiger partial charge in [0.2, 0.25) is 0 Å². The summed E-state index contributed by atoms with van der Waals surface area (Å²) in [7, 11) is 0. The van der Waals surface area contributed by atoms with Crippen LogP contribution in [0.15, 0.2) is 17.5 Å². The van der Waals surface area contributed by atoms with Crippen molar-refractivity contribution >= 4 is 17.4 Å². The zero-order chi connectivity index (χ0) is 14.2. The third-order valence-electron chi connectivity index (χ3n) is 3.41. The number of carbonyl (C=O) groups is 1. The van der Waals surface area contributed by atoms with Crippen LogP contribution in [-0.2, 0) is 4.74 Å². The largest absolute Gasteiger partial charge is 0.394 e. The van der Waals surface area contributed by atoms with Crippen molar-refractivity contribution in [3.8, 4) is 0 Å². The molecule has 0 saturated heterocycles. The quantitative estimate of drug-likeness (QED) is 0.721. The van der Waals surface area contributed by atoms with Crippen LogP contribution in [0.1, 0.15) is 36.7 Å². The van der Waals surface area contributed by atoms with Crippen LogP contribution in [0.25, 0.3) is 0 Å². The second-order valence-corrected chi connectivity index (χ2v) is 5.91. The lowest BCUT2D eigenvalue weighted by Gasteiger charge is -2.18. The van der Waals surface area contributed by atoms with Crippen LogP contribution in [0.2, 0.25) is 0 Å². The minimum absolute atomic E-state index is 0.0177. The molecule has 20 heavy (non-hydrogen) atoms. The van der Waals surface area contributed by atoms with Crippen LogP contribution in [-0.4, -0.2) is 36.9 Å². The van der Waals surface area contributed by atoms with Crippen LogP contribution < -0.4 is 10.6 Å². The highest BCUT2D eigenvalue weighted by Crippen LogP contribution is 2.22. The van der Waals surface area contributed by atoms with Crippen LogP contribution in [0.4, 0.5) is 4.79 Å². The van der Waals surface area contributed by atoms with Crippen molar-refractivity contribution in [1.82, 2.24) is 10.6 Å². The van der Waals surface area contributed by atoms with E-state index in [9.17, 15) is 4.79 Å². The number of aliphatic hydroxyl groups excluding tert-OH is 1. The van der Waals surface area contributed by atoms with Crippen molar-refractivity contribution in [2.75, 3.05) is 19.8 Å². The fourth-order valence-corrected chi connectivity index (χ4v) is 3.18. The lowest BCUT2D eigenvalue weighted by atomic mass is 10.2. The Hall–Kier alpha value is -1.11. The van der Waals surface area contributed by atoms with E-state index in [0.717, 1.165) is 17.7 Å². The first-order chi connectivity index (χ1) is 9.79. The molecule has 0 unspecified atom stereocenters. The number of nitrogens with one attached hydrogen (secondary N) is 2. The SMILES string of the molecule is O=C(NC[C@@H](OCCO)c1cccs1)NC1CCCC1. The highest BCUT2D eigenvalue weighted by atomic mass is 32.1. The van der Waals surface area contributed by atoms with E-state index in [1.807, 2.05) is 17.5 Å². The van der Waals surface area contributed by atoms with Crippen LogP contribution >= 0.6 is 11.3 Å². The van der Waals surface area contributed by atoms with E-state index in [0.29, 0.717) is 12.6 Å². The molecule has 1 atom stereocenters. The van der Waals surface area contributed by atoms with E-state index in [2.05, 4.69) is 10.6 Å². The number of aliphatic hydroxyl groups is 1. The van der Waals surface area contributed by atoms with Gasteiger partial charge in [-0.05, 0) is 24.3 Å². The zero-order valence-electron chi connectivity index (χ0n) is 11.5. The summed E-state index contributed by atoms with van der Waals surface area (Å²) in [6.07, 6.45) is 4.34. The first kappa shape index (κ1) is 15.3. The lowest BCUT2D eigenvalue weighted by molar-refractivity contribution is 0.0313. The van der Waals surface area contributed by atoms with Gasteiger partial charge in [0.25, 0.3) is 0 Å². The summed E-state index contributed by atoms with van der Waals surface area (Å²) in [6.45, 7) is 0.670. The maximum absolute atomic E-state index is 11.8. The van der Waals surface area contributed by atoms with Gasteiger partial charge in [-0.15, -0.1) is 11.3 Å². The van der Waals surface area contributed by atoms with Crippen molar-refractivity contribution in [2.45, 2.75) is 37.8 Å². The standard InChI is InChI=1S/C14H22N2O3S/c17-7-8-19-12(13-6-3-9-20-13)10-15-14(18)16-11-4-1-2-5-11/h3,6,9,11-12,17H,1-2,4-5,7-8,10H2,(H2,15,16,18)/t12-/m1/s1. The summed E-state index contributed by atoms with van der Waals surface area (Å²) < 4.78 is 5.57. The number of urea groups is 1. The van der Waals surface area contributed by atoms with Gasteiger partial charge in [0.05, 0.1) is 19.8 Å². The number of carbonyl (C=O) groups excluding carboxylic acids is 1. The molecule has 0 bridgehead atoms. The molecule has 0 spiro atoms. The summed E-state index contributed by atoms with van der Waals surface area (Å²) >= 11 is 1.59. The minimum atomic E-state index is -0.198. The molecule has 0 radical (unpaired) electrons. The average Bonchev–Trinajstić information content (AvgIpc) is 3.11. The summed E-state index contributed by atoms with van der Waals surface area (Å²) in [4.78, 5) is 12.9. The van der Waals surface area contributed by atoms with Crippen molar-refractivity contribution in [1.29, 1.82) is 0 Å². The second-order valence-electron chi connectivity index (χ2n) is 4.93. The molecule has 5 nitrogen and oxygen atoms in total. The van der Waals surface area contributed by atoms with Gasteiger partial charge < -0.3 is 20.5 Å². The highest BCUT2D eigenvalue weighted by molar-refractivity contribution is 7.10. The average molecular weight is 298 g/mol. The third kappa shape index (κ3) is 4.77. The Labute approximate surface area is 123 Å². The third-order valence-corrected chi connectivity index (χ3v) is 4.37. The number of thiophene rings is 1. The normalized spacial score (nSPS) is 17.1. The molecule has 6 heteroatoms. The molecule has 1 heterocycles. The van der Waals surface area contributed by atoms with Gasteiger partial charge in [-0.25, -0.2) is 4.79 Å². The van der Waals surface area contributed by atoms with Gasteiger partial charge in [-0.3, -0.25) is 0 Å². The Bertz CT molecular complexity index is 391. The molecule has 0 aliphatic heterocycles. The fraction of sp³-hybridized carbons (Fsp3) is 0.643. The Morgan fingerprint density at radius 3 is 2.95 bits per heavy atom. The predicted octanol–water partition coefficient (Wildman–Crippen LogP) is 2.04. The minimum Gasteiger partial charge on any atom is -0.394 e. The van der Waals surface area contributed by atoms with Gasteiger partial charge >= 0.3 is 6.03 Å². The molecule has 1 aliphatic carbocycles. The van der Waals surface area contributed by atoms with Gasteiger partial charge in [-0.2, -0.15) is 0 Å². The molecule has 1 aromatic rings. The van der Waals surface area contributed by atoms with E-state index < -0.39 is 0 Å². The summed E-state index contributed by atoms with van der Waals surface area (Å²) in [5.41, 5.74) is 0. The Morgan fingerprint density at radius 1 is 1.50 bits per heavy atom. The number of hydrogen-bond acceptors (Lipinski definition) is 4. The molecule has 1 aliphatic rings. The zero-order valence-corrected chi connectivity index (χ0v) is 12.3. The molecule has 2 rings (SSSR count). The monoisotopic (exact) mass is 298 g/mol. The van der Waals surface area contributed by atoms with E-state index in [1.54, 1.807) is 11.3 Å². The summed E-state index contributed by atoms with van der Waals surface area (Å²) in [5.74, 6) is 0. The predicted molar refractivity (Wildman–Crippen MR) is 78.9 cm³/mol. The van der Waals surface area contributed by atoms with Crippen molar-refractivity contribution < 1.29 is 14.6 Å². The van der Waals surface area contributed by atoms with Crippen LogP contribution in [0.5, 0.6) is 0 Å². The molecular formula is C14H22N2O3S. The molecule has 2 amide bonds. The molecule has 1 fully saturated rings. The number of amides is 2. The maximum Gasteiger partial charge on any atom is 0.315 e. The van der Waals surface area contributed by atoms with Gasteiger partial charge in [0.1, 0.15) is 6.10 Å². The van der Waals surface area contributed by atoms with E-state index in [1.165, 1.54) is 12.8 Å². The Morgan fingerprint density at radius 2 is 2.30 bits per heavy atom. The van der Waals surface area contributed by atoms with Crippen molar-refractivity contribution in [3.05, 3.63) is 22.4 Å². The van der Waals surface area contributed by atoms with Gasteiger partial charge in [0, 0.05) is 10.9 Å². The molecule has 0 aromatic carbocycles. The smallest absolute Gasteiger partial charge is 0.315 e. The Balaban J connectivity index is 1.77. The van der Waals surface area contributed by atoms with E-state index in [-0.39, 0.29) is 25.3 Å². The Kier molecular flexibility index (Phi) is 6.29. The first-order valence-electron chi connectivity index (χ1n) is 7.10. The van der Waals surface area contributed by atoms with Crippen LogP contribution in [0, 0.1) is 0 Å². The number of hydrogen-bond donors (Lipinski definition) is 3. The fourth-order valence-electron chi connectivity index (χ4n) is 2.40. The van der Waals surface area contributed by atoms with Gasteiger partial charge in [0.15, 0.2) is 0 Å². The van der Waals surface area contributed by atoms with E-state index in [4.69, 9.17) is 9.84 Å². The van der Waals surface area contributed by atoms with Gasteiger partial charge in [-0.1, -0.05) is 18.9 Å². The second kappa shape index (κ2) is 8.24. The van der Waals surface area contributed by atoms with Crippen molar-refractivity contribution in [3.63, 3.8) is 0 Å². The summed E-state index contributed by atoms with van der Waals surface area (Å²) in [6, 6.07) is 4.11. The topological polar surface area (TPSA) is 70.6 Å². The molecule has 112 valence electrons. The molecule has 1 saturated carbocycles. The molecule has 3 N–H and O–H groups in total. The number of rotatable bonds is 7. The highest BCUT2D eigenvalue weighted by Gasteiger charge is 2.18. The summed E-state index contributed by atoms with van der Waals surface area (Å²) in [5, 5.41) is 16.7. The van der Waals surface area contributed by atoms with Crippen LogP contribution in [0.3, 0.4) is 0 Å². The molecule has 1 aromatic heterocycles. The first-order valence-corrected chi connectivity index (χ1v) is 7.98. The van der Waals surface area contributed by atoms with Crippen molar-refractivity contribution in [2.24, 2.45) is 0 Å². The maximum atomic E-state index is 11.8. The molecular weight excluding hydrogens is 276 g/mol. The van der Waals surface area contributed by atoms with E-state index >= 15 is 0 Å².